The van der Waals surface area contributed by atoms with Crippen molar-refractivity contribution < 1.29 is 9.72 Å². The molecule has 0 bridgehead atoms. The number of nitro groups is 1. The summed E-state index contributed by atoms with van der Waals surface area (Å²) in [7, 11) is 0. The fraction of sp³-hybridized carbons (Fsp3) is 0.188. The van der Waals surface area contributed by atoms with Crippen molar-refractivity contribution in [3.63, 3.8) is 0 Å². The molecule has 0 aromatic heterocycles. The molecule has 5 nitrogen and oxygen atoms in total. The molecule has 2 aromatic rings. The summed E-state index contributed by atoms with van der Waals surface area (Å²) < 4.78 is 0. The smallest absolute Gasteiger partial charge is 0.292 e. The molecule has 6 heteroatoms. The van der Waals surface area contributed by atoms with Crippen molar-refractivity contribution >= 4 is 28.9 Å². The minimum atomic E-state index is -0.522. The van der Waals surface area contributed by atoms with Gasteiger partial charge in [0.05, 0.1) is 10.8 Å². The van der Waals surface area contributed by atoms with Gasteiger partial charge >= 0.3 is 0 Å². The quantitative estimate of drug-likeness (QED) is 0.656. The number of carbonyl (C=O) groups is 1. The van der Waals surface area contributed by atoms with E-state index in [4.69, 9.17) is 11.6 Å². The Morgan fingerprint density at radius 2 is 1.86 bits per heavy atom. The molecule has 1 atom stereocenters. The third-order valence-electron chi connectivity index (χ3n) is 3.36. The zero-order valence-electron chi connectivity index (χ0n) is 12.0. The second-order valence-corrected chi connectivity index (χ2v) is 5.15. The van der Waals surface area contributed by atoms with Crippen LogP contribution < -0.4 is 5.32 Å². The number of carbonyl (C=O) groups excluding carboxylic acids is 1. The maximum Gasteiger partial charge on any atom is 0.292 e. The van der Waals surface area contributed by atoms with Crippen LogP contribution in [0.1, 0.15) is 24.8 Å². The van der Waals surface area contributed by atoms with E-state index in [1.54, 1.807) is 30.3 Å². The number of hydrogen-bond acceptors (Lipinski definition) is 3. The molecule has 0 radical (unpaired) electrons. The zero-order chi connectivity index (χ0) is 16.1. The number of benzene rings is 2. The number of nitro benzene ring substituents is 1. The molecule has 0 heterocycles. The van der Waals surface area contributed by atoms with E-state index in [9.17, 15) is 14.9 Å². The van der Waals surface area contributed by atoms with Gasteiger partial charge in [0.2, 0.25) is 5.91 Å². The Kier molecular flexibility index (Phi) is 5.12. The summed E-state index contributed by atoms with van der Waals surface area (Å²) in [6.45, 7) is 1.87. The van der Waals surface area contributed by atoms with Gasteiger partial charge in [-0.15, -0.1) is 0 Å². The first-order valence-corrected chi connectivity index (χ1v) is 7.21. The summed E-state index contributed by atoms with van der Waals surface area (Å²) in [4.78, 5) is 23.0. The summed E-state index contributed by atoms with van der Waals surface area (Å²) in [6, 6.07) is 13.2. The van der Waals surface area contributed by atoms with Crippen molar-refractivity contribution in [2.45, 2.75) is 19.3 Å². The first kappa shape index (κ1) is 16.0. The van der Waals surface area contributed by atoms with Gasteiger partial charge in [0.25, 0.3) is 5.69 Å². The Morgan fingerprint density at radius 1 is 1.23 bits per heavy atom. The lowest BCUT2D eigenvalue weighted by Crippen LogP contribution is -2.21. The van der Waals surface area contributed by atoms with Gasteiger partial charge in [-0.1, -0.05) is 48.9 Å². The molecule has 0 aliphatic carbocycles. The van der Waals surface area contributed by atoms with Gasteiger partial charge in [-0.05, 0) is 24.1 Å². The van der Waals surface area contributed by atoms with Gasteiger partial charge in [0.15, 0.2) is 0 Å². The van der Waals surface area contributed by atoms with E-state index in [-0.39, 0.29) is 17.3 Å². The van der Waals surface area contributed by atoms with E-state index in [2.05, 4.69) is 5.32 Å². The van der Waals surface area contributed by atoms with Crippen molar-refractivity contribution in [2.24, 2.45) is 0 Å². The van der Waals surface area contributed by atoms with Crippen LogP contribution in [0, 0.1) is 10.1 Å². The lowest BCUT2D eigenvalue weighted by molar-refractivity contribution is -0.383. The van der Waals surface area contributed by atoms with Crippen LogP contribution >= 0.6 is 11.6 Å². The Balaban J connectivity index is 2.28. The van der Waals surface area contributed by atoms with E-state index in [1.807, 2.05) is 13.0 Å². The average molecular weight is 319 g/mol. The van der Waals surface area contributed by atoms with Crippen LogP contribution in [-0.4, -0.2) is 10.8 Å². The average Bonchev–Trinajstić information content (AvgIpc) is 2.50. The van der Waals surface area contributed by atoms with Gasteiger partial charge in [-0.3, -0.25) is 14.9 Å². The van der Waals surface area contributed by atoms with Gasteiger partial charge in [-0.25, -0.2) is 0 Å². The number of halogens is 1. The summed E-state index contributed by atoms with van der Waals surface area (Å²) in [5, 5.41) is 14.1. The summed E-state index contributed by atoms with van der Waals surface area (Å²) >= 11 is 6.14. The number of rotatable bonds is 5. The number of amides is 1. The van der Waals surface area contributed by atoms with Crippen LogP contribution in [0.5, 0.6) is 0 Å². The predicted octanol–water partition coefficient (Wildman–Crippen LogP) is 4.38. The van der Waals surface area contributed by atoms with E-state index >= 15 is 0 Å². The van der Waals surface area contributed by atoms with Gasteiger partial charge in [0.1, 0.15) is 5.69 Å². The first-order valence-electron chi connectivity index (χ1n) is 6.83. The molecule has 22 heavy (non-hydrogen) atoms. The third kappa shape index (κ3) is 3.43. The highest BCUT2D eigenvalue weighted by Gasteiger charge is 2.23. The van der Waals surface area contributed by atoms with Crippen molar-refractivity contribution in [3.05, 3.63) is 69.2 Å². The fourth-order valence-electron chi connectivity index (χ4n) is 2.26. The van der Waals surface area contributed by atoms with Crippen LogP contribution in [-0.2, 0) is 4.79 Å². The Hall–Kier alpha value is -2.40. The highest BCUT2D eigenvalue weighted by atomic mass is 35.5. The lowest BCUT2D eigenvalue weighted by Gasteiger charge is -2.16. The maximum absolute atomic E-state index is 12.5. The van der Waals surface area contributed by atoms with Crippen molar-refractivity contribution in [1.29, 1.82) is 0 Å². The number of hydrogen-bond donors (Lipinski definition) is 1. The number of anilines is 1. The van der Waals surface area contributed by atoms with Gasteiger partial charge in [0, 0.05) is 11.1 Å². The monoisotopic (exact) mass is 318 g/mol. The fourth-order valence-corrected chi connectivity index (χ4v) is 2.53. The van der Waals surface area contributed by atoms with Crippen molar-refractivity contribution in [1.82, 2.24) is 0 Å². The Bertz CT molecular complexity index is 703. The zero-order valence-corrected chi connectivity index (χ0v) is 12.7. The number of nitrogens with zero attached hydrogens (tertiary/aromatic N) is 1. The highest BCUT2D eigenvalue weighted by molar-refractivity contribution is 6.31. The molecule has 1 amide bonds. The molecule has 0 spiro atoms. The van der Waals surface area contributed by atoms with E-state index in [1.165, 1.54) is 12.1 Å². The van der Waals surface area contributed by atoms with Crippen LogP contribution in [0.15, 0.2) is 48.5 Å². The van der Waals surface area contributed by atoms with Gasteiger partial charge < -0.3 is 5.32 Å². The molecule has 2 rings (SSSR count). The van der Waals surface area contributed by atoms with Gasteiger partial charge in [-0.2, -0.15) is 0 Å². The molecule has 1 N–H and O–H groups in total. The highest BCUT2D eigenvalue weighted by Crippen LogP contribution is 2.30. The second-order valence-electron chi connectivity index (χ2n) is 4.75. The third-order valence-corrected chi connectivity index (χ3v) is 3.71. The Morgan fingerprint density at radius 3 is 2.50 bits per heavy atom. The molecule has 114 valence electrons. The SMILES string of the molecule is CCC(C(=O)Nc1ccccc1[N+](=O)[O-])c1ccccc1Cl. The molecular weight excluding hydrogens is 304 g/mol. The molecule has 0 saturated heterocycles. The molecule has 0 aliphatic heterocycles. The topological polar surface area (TPSA) is 72.2 Å². The van der Waals surface area contributed by atoms with Crippen LogP contribution in [0.4, 0.5) is 11.4 Å². The first-order chi connectivity index (χ1) is 10.5. The molecule has 1 unspecified atom stereocenters. The standard InChI is InChI=1S/C16H15ClN2O3/c1-2-11(12-7-3-4-8-13(12)17)16(20)18-14-9-5-6-10-15(14)19(21)22/h3-11H,2H2,1H3,(H,18,20). The van der Waals surface area contributed by atoms with E-state index < -0.39 is 10.8 Å². The normalized spacial score (nSPS) is 11.7. The largest absolute Gasteiger partial charge is 0.320 e. The summed E-state index contributed by atoms with van der Waals surface area (Å²) in [6.07, 6.45) is 0.538. The molecule has 2 aromatic carbocycles. The van der Waals surface area contributed by atoms with Crippen LogP contribution in [0.25, 0.3) is 0 Å². The molecular formula is C16H15ClN2O3. The minimum Gasteiger partial charge on any atom is -0.320 e. The second kappa shape index (κ2) is 7.04. The number of para-hydroxylation sites is 2. The predicted molar refractivity (Wildman–Crippen MR) is 86.2 cm³/mol. The molecule has 0 fully saturated rings. The van der Waals surface area contributed by atoms with E-state index in [0.29, 0.717) is 17.0 Å². The minimum absolute atomic E-state index is 0.134. The molecule has 0 aliphatic rings. The maximum atomic E-state index is 12.5. The van der Waals surface area contributed by atoms with E-state index in [0.717, 1.165) is 0 Å². The number of nitrogens with one attached hydrogen (secondary N) is 1. The van der Waals surface area contributed by atoms with Crippen LogP contribution in [0.2, 0.25) is 5.02 Å². The molecule has 0 saturated carbocycles. The Labute approximate surface area is 133 Å². The summed E-state index contributed by atoms with van der Waals surface area (Å²) in [5.74, 6) is -0.779. The lowest BCUT2D eigenvalue weighted by atomic mass is 9.95. The van der Waals surface area contributed by atoms with Crippen molar-refractivity contribution in [3.8, 4) is 0 Å². The van der Waals surface area contributed by atoms with Crippen molar-refractivity contribution in [2.75, 3.05) is 5.32 Å². The van der Waals surface area contributed by atoms with Crippen LogP contribution in [0.3, 0.4) is 0 Å². The summed E-state index contributed by atoms with van der Waals surface area (Å²) in [5.41, 5.74) is 0.760.